The number of ether oxygens (including phenoxy) is 1. The maximum Gasteiger partial charge on any atom is 0.230 e. The number of rotatable bonds is 3. The minimum atomic E-state index is -1.22. The number of fused-ring (bicyclic) bond motifs is 1. The first-order valence-electron chi connectivity index (χ1n) is 6.87. The van der Waals surface area contributed by atoms with E-state index in [9.17, 15) is 14.7 Å². The van der Waals surface area contributed by atoms with Crippen molar-refractivity contribution >= 4 is 11.9 Å². The number of carboxylic acids is 1. The molecule has 0 radical (unpaired) electrons. The second kappa shape index (κ2) is 4.14. The van der Waals surface area contributed by atoms with Crippen LogP contribution < -0.4 is 5.11 Å². The van der Waals surface area contributed by atoms with E-state index in [2.05, 4.69) is 4.98 Å². The summed E-state index contributed by atoms with van der Waals surface area (Å²) in [5.74, 6) is -2.98. The largest absolute Gasteiger partial charge is 0.550 e. The first-order valence-corrected chi connectivity index (χ1v) is 6.87. The molecule has 4 rings (SSSR count). The number of aliphatic carboxylic acids is 1. The van der Waals surface area contributed by atoms with Gasteiger partial charge >= 0.3 is 0 Å². The van der Waals surface area contributed by atoms with E-state index in [-0.39, 0.29) is 5.91 Å². The molecule has 2 fully saturated rings. The highest BCUT2D eigenvalue weighted by molar-refractivity contribution is 5.90. The second-order valence-corrected chi connectivity index (χ2v) is 5.73. The average Bonchev–Trinajstić information content (AvgIpc) is 3.09. The molecule has 4 atom stereocenters. The molecule has 1 spiro atoms. The normalized spacial score (nSPS) is 36.3. The molecule has 2 saturated heterocycles. The predicted molar refractivity (Wildman–Crippen MR) is 68.4 cm³/mol. The molecule has 0 aliphatic carbocycles. The highest BCUT2D eigenvalue weighted by Gasteiger charge is 2.65. The number of carbonyl (C=O) groups excluding carboxylic acids is 2. The molecule has 3 aliphatic rings. The van der Waals surface area contributed by atoms with Gasteiger partial charge in [0, 0.05) is 18.1 Å². The number of nitrogens with zero attached hydrogens (tertiary/aromatic N) is 2. The van der Waals surface area contributed by atoms with Gasteiger partial charge in [-0.3, -0.25) is 9.78 Å². The van der Waals surface area contributed by atoms with Gasteiger partial charge in [-0.15, -0.1) is 0 Å². The van der Waals surface area contributed by atoms with Gasteiger partial charge in [-0.25, -0.2) is 0 Å². The van der Waals surface area contributed by atoms with Crippen molar-refractivity contribution in [1.82, 2.24) is 9.88 Å². The van der Waals surface area contributed by atoms with Crippen molar-refractivity contribution in [3.05, 3.63) is 42.2 Å². The van der Waals surface area contributed by atoms with Crippen molar-refractivity contribution in [1.29, 1.82) is 0 Å². The molecule has 1 aromatic rings. The second-order valence-electron chi connectivity index (χ2n) is 5.73. The van der Waals surface area contributed by atoms with Crippen LogP contribution in [0.3, 0.4) is 0 Å². The van der Waals surface area contributed by atoms with Crippen LogP contribution in [0.15, 0.2) is 36.5 Å². The van der Waals surface area contributed by atoms with E-state index in [1.165, 1.54) is 0 Å². The van der Waals surface area contributed by atoms with Gasteiger partial charge in [-0.05, 0) is 12.1 Å². The summed E-state index contributed by atoms with van der Waals surface area (Å²) in [6, 6.07) is 5.50. The van der Waals surface area contributed by atoms with Crippen LogP contribution in [0.5, 0.6) is 0 Å². The van der Waals surface area contributed by atoms with Crippen molar-refractivity contribution in [2.45, 2.75) is 18.2 Å². The van der Waals surface area contributed by atoms with Gasteiger partial charge in [0.1, 0.15) is 5.60 Å². The zero-order valence-corrected chi connectivity index (χ0v) is 11.1. The third-order valence-corrected chi connectivity index (χ3v) is 4.53. The average molecular weight is 285 g/mol. The number of amides is 1. The molecule has 0 N–H and O–H groups in total. The Hall–Kier alpha value is -2.21. The third kappa shape index (κ3) is 1.65. The Kier molecular flexibility index (Phi) is 2.47. The van der Waals surface area contributed by atoms with E-state index in [0.29, 0.717) is 13.1 Å². The standard InChI is InChI=1S/C15H14N2O4/c18-13-12-11(14(19)20)10-4-5-15(12,21-10)8-17(13)7-9-3-1-2-6-16-9/h1-6,10-12H,7-8H2,(H,19,20)/p-1/t10-,11+,12+,15-/m1/s1. The number of carboxylic acid groups (broad SMARTS) is 1. The maximum atomic E-state index is 12.6. The topological polar surface area (TPSA) is 82.6 Å². The van der Waals surface area contributed by atoms with Gasteiger partial charge in [0.15, 0.2) is 0 Å². The summed E-state index contributed by atoms with van der Waals surface area (Å²) < 4.78 is 5.78. The predicted octanol–water partition coefficient (Wildman–Crippen LogP) is -0.886. The zero-order valence-electron chi connectivity index (χ0n) is 11.1. The van der Waals surface area contributed by atoms with Gasteiger partial charge in [0.05, 0.1) is 30.8 Å². The summed E-state index contributed by atoms with van der Waals surface area (Å²) in [4.78, 5) is 29.7. The molecule has 1 amide bonds. The summed E-state index contributed by atoms with van der Waals surface area (Å²) in [6.07, 6.45) is 4.69. The SMILES string of the molecule is O=C([O-])[C@@H]1[C@H]2C(=O)N(Cc3ccccn3)C[C@]23C=C[C@H]1O3. The van der Waals surface area contributed by atoms with Crippen LogP contribution in [0, 0.1) is 11.8 Å². The van der Waals surface area contributed by atoms with Crippen LogP contribution in [0.25, 0.3) is 0 Å². The summed E-state index contributed by atoms with van der Waals surface area (Å²) in [5, 5.41) is 11.3. The van der Waals surface area contributed by atoms with Gasteiger partial charge in [-0.2, -0.15) is 0 Å². The number of hydrogen-bond acceptors (Lipinski definition) is 5. The molecular formula is C15H13N2O4-. The van der Waals surface area contributed by atoms with E-state index >= 15 is 0 Å². The minimum absolute atomic E-state index is 0.193. The van der Waals surface area contributed by atoms with E-state index in [1.54, 1.807) is 17.2 Å². The summed E-state index contributed by atoms with van der Waals surface area (Å²) in [5.41, 5.74) is -0.0351. The third-order valence-electron chi connectivity index (χ3n) is 4.53. The molecular weight excluding hydrogens is 272 g/mol. The fourth-order valence-corrected chi connectivity index (χ4v) is 3.67. The molecule has 6 heteroatoms. The quantitative estimate of drug-likeness (QED) is 0.673. The van der Waals surface area contributed by atoms with E-state index in [0.717, 1.165) is 5.69 Å². The highest BCUT2D eigenvalue weighted by atomic mass is 16.5. The Morgan fingerprint density at radius 2 is 2.38 bits per heavy atom. The van der Waals surface area contributed by atoms with E-state index in [1.807, 2.05) is 24.3 Å². The molecule has 0 saturated carbocycles. The lowest BCUT2D eigenvalue weighted by Gasteiger charge is -2.24. The molecule has 0 aromatic carbocycles. The lowest BCUT2D eigenvalue weighted by atomic mass is 9.77. The van der Waals surface area contributed by atoms with E-state index in [4.69, 9.17) is 4.74 Å². The van der Waals surface area contributed by atoms with Crippen molar-refractivity contribution in [3.63, 3.8) is 0 Å². The van der Waals surface area contributed by atoms with Gasteiger partial charge in [0.25, 0.3) is 0 Å². The van der Waals surface area contributed by atoms with Gasteiger partial charge in [0.2, 0.25) is 5.91 Å². The molecule has 3 aliphatic heterocycles. The zero-order chi connectivity index (χ0) is 14.6. The van der Waals surface area contributed by atoms with Gasteiger partial charge in [-0.1, -0.05) is 18.2 Å². The molecule has 108 valence electrons. The van der Waals surface area contributed by atoms with E-state index < -0.39 is 29.5 Å². The monoisotopic (exact) mass is 285 g/mol. The van der Waals surface area contributed by atoms with Crippen LogP contribution in [-0.2, 0) is 20.9 Å². The van der Waals surface area contributed by atoms with Crippen LogP contribution in [0.1, 0.15) is 5.69 Å². The minimum Gasteiger partial charge on any atom is -0.550 e. The van der Waals surface area contributed by atoms with Crippen LogP contribution >= 0.6 is 0 Å². The Balaban J connectivity index is 1.63. The van der Waals surface area contributed by atoms with Crippen molar-refractivity contribution in [2.24, 2.45) is 11.8 Å². The summed E-state index contributed by atoms with van der Waals surface area (Å²) in [6.45, 7) is 0.726. The Morgan fingerprint density at radius 3 is 3.10 bits per heavy atom. The first-order chi connectivity index (χ1) is 10.1. The lowest BCUT2D eigenvalue weighted by Crippen LogP contribution is -2.45. The van der Waals surface area contributed by atoms with Crippen LogP contribution in [0.4, 0.5) is 0 Å². The Bertz CT molecular complexity index is 644. The smallest absolute Gasteiger partial charge is 0.230 e. The Morgan fingerprint density at radius 1 is 1.52 bits per heavy atom. The fraction of sp³-hybridized carbons (Fsp3) is 0.400. The number of carbonyl (C=O) groups is 2. The van der Waals surface area contributed by atoms with Crippen molar-refractivity contribution in [3.8, 4) is 0 Å². The lowest BCUT2D eigenvalue weighted by molar-refractivity contribution is -0.313. The summed E-state index contributed by atoms with van der Waals surface area (Å²) >= 11 is 0. The number of aromatic nitrogens is 1. The van der Waals surface area contributed by atoms with Crippen LogP contribution in [0.2, 0.25) is 0 Å². The molecule has 4 heterocycles. The molecule has 21 heavy (non-hydrogen) atoms. The fourth-order valence-electron chi connectivity index (χ4n) is 3.67. The first kappa shape index (κ1) is 12.5. The van der Waals surface area contributed by atoms with Crippen molar-refractivity contribution in [2.75, 3.05) is 6.54 Å². The van der Waals surface area contributed by atoms with Gasteiger partial charge < -0.3 is 19.5 Å². The van der Waals surface area contributed by atoms with Crippen LogP contribution in [-0.4, -0.2) is 40.0 Å². The molecule has 6 nitrogen and oxygen atoms in total. The Labute approximate surface area is 121 Å². The maximum absolute atomic E-state index is 12.6. The summed E-state index contributed by atoms with van der Waals surface area (Å²) in [7, 11) is 0. The number of likely N-dealkylation sites (tertiary alicyclic amines) is 1. The highest BCUT2D eigenvalue weighted by Crippen LogP contribution is 2.51. The molecule has 2 bridgehead atoms. The molecule has 0 unspecified atom stereocenters. The van der Waals surface area contributed by atoms with Crippen molar-refractivity contribution < 1.29 is 19.4 Å². The number of pyridine rings is 1. The number of hydrogen-bond donors (Lipinski definition) is 0. The molecule has 1 aromatic heterocycles.